The number of thiophene rings is 1. The van der Waals surface area contributed by atoms with Crippen molar-refractivity contribution in [2.45, 2.75) is 6.92 Å². The van der Waals surface area contributed by atoms with Gasteiger partial charge in [-0.2, -0.15) is 0 Å². The molecule has 12 heavy (non-hydrogen) atoms. The molecule has 1 aromatic rings. The smallest absolute Gasteiger partial charge is 0.336 e. The first kappa shape index (κ1) is 8.73. The van der Waals surface area contributed by atoms with Crippen LogP contribution in [0.1, 0.15) is 22.2 Å². The van der Waals surface area contributed by atoms with Crippen LogP contribution in [0.25, 0.3) is 0 Å². The van der Waals surface area contributed by atoms with Gasteiger partial charge in [0.05, 0.1) is 16.2 Å². The molecule has 1 heterocycles. The predicted molar refractivity (Wildman–Crippen MR) is 45.3 cm³/mol. The third kappa shape index (κ3) is 1.62. The molecule has 0 bridgehead atoms. The molecule has 0 radical (unpaired) electrons. The van der Waals surface area contributed by atoms with Gasteiger partial charge in [0.1, 0.15) is 0 Å². The molecule has 0 unspecified atom stereocenters. The Morgan fingerprint density at radius 2 is 2.33 bits per heavy atom. The number of oxime groups is 1. The summed E-state index contributed by atoms with van der Waals surface area (Å²) in [6.07, 6.45) is 0. The molecule has 64 valence electrons. The van der Waals surface area contributed by atoms with E-state index in [1.54, 1.807) is 6.92 Å². The Labute approximate surface area is 72.8 Å². The van der Waals surface area contributed by atoms with Crippen molar-refractivity contribution >= 4 is 23.0 Å². The fourth-order valence-electron chi connectivity index (χ4n) is 0.687. The second kappa shape index (κ2) is 3.36. The molecule has 0 aliphatic rings. The summed E-state index contributed by atoms with van der Waals surface area (Å²) in [4.78, 5) is 11.1. The van der Waals surface area contributed by atoms with Crippen molar-refractivity contribution in [3.63, 3.8) is 0 Å². The number of aromatic carboxylic acids is 1. The molecule has 0 aliphatic carbocycles. The lowest BCUT2D eigenvalue weighted by atomic mass is 10.3. The van der Waals surface area contributed by atoms with E-state index in [1.165, 1.54) is 22.8 Å². The third-order valence-corrected chi connectivity index (χ3v) is 2.39. The van der Waals surface area contributed by atoms with Gasteiger partial charge >= 0.3 is 5.97 Å². The highest BCUT2D eigenvalue weighted by molar-refractivity contribution is 7.12. The molecule has 0 atom stereocenters. The van der Waals surface area contributed by atoms with E-state index in [9.17, 15) is 4.79 Å². The number of nitrogens with zero attached hydrogens (tertiary/aromatic N) is 1. The lowest BCUT2D eigenvalue weighted by Crippen LogP contribution is -1.93. The second-order valence-corrected chi connectivity index (χ2v) is 3.10. The molecular formula is C7H7NO3S. The maximum atomic E-state index is 10.4. The molecular weight excluding hydrogens is 178 g/mol. The maximum Gasteiger partial charge on any atom is 0.336 e. The average molecular weight is 185 g/mol. The molecule has 4 nitrogen and oxygen atoms in total. The lowest BCUT2D eigenvalue weighted by Gasteiger charge is -1.88. The van der Waals surface area contributed by atoms with E-state index in [-0.39, 0.29) is 5.56 Å². The Balaban J connectivity index is 2.99. The van der Waals surface area contributed by atoms with Crippen LogP contribution < -0.4 is 0 Å². The van der Waals surface area contributed by atoms with Gasteiger partial charge in [-0.1, -0.05) is 5.16 Å². The van der Waals surface area contributed by atoms with Crippen molar-refractivity contribution in [2.75, 3.05) is 0 Å². The highest BCUT2D eigenvalue weighted by atomic mass is 32.1. The van der Waals surface area contributed by atoms with Gasteiger partial charge in [-0.3, -0.25) is 0 Å². The van der Waals surface area contributed by atoms with E-state index < -0.39 is 5.97 Å². The van der Waals surface area contributed by atoms with Crippen molar-refractivity contribution in [3.8, 4) is 0 Å². The zero-order valence-electron chi connectivity index (χ0n) is 6.31. The number of hydrogen-bond acceptors (Lipinski definition) is 4. The van der Waals surface area contributed by atoms with Gasteiger partial charge in [-0.25, -0.2) is 4.79 Å². The minimum absolute atomic E-state index is 0.220. The van der Waals surface area contributed by atoms with Crippen LogP contribution in [0, 0.1) is 0 Å². The number of carbonyl (C=O) groups is 1. The van der Waals surface area contributed by atoms with Gasteiger partial charge in [0.15, 0.2) is 0 Å². The van der Waals surface area contributed by atoms with Crippen molar-refractivity contribution < 1.29 is 15.1 Å². The third-order valence-electron chi connectivity index (χ3n) is 1.35. The van der Waals surface area contributed by atoms with E-state index in [2.05, 4.69) is 5.16 Å². The van der Waals surface area contributed by atoms with Crippen molar-refractivity contribution in [3.05, 3.63) is 21.9 Å². The average Bonchev–Trinajstić information content (AvgIpc) is 2.51. The van der Waals surface area contributed by atoms with Crippen LogP contribution in [0.3, 0.4) is 0 Å². The number of carboxylic acids is 1. The summed E-state index contributed by atoms with van der Waals surface area (Å²) in [6, 6.07) is 1.47. The van der Waals surface area contributed by atoms with Crippen LogP contribution in [-0.4, -0.2) is 22.0 Å². The first-order valence-corrected chi connectivity index (χ1v) is 4.04. The number of carboxylic acid groups (broad SMARTS) is 1. The van der Waals surface area contributed by atoms with Crippen LogP contribution in [0.5, 0.6) is 0 Å². The van der Waals surface area contributed by atoms with Crippen LogP contribution >= 0.6 is 11.3 Å². The summed E-state index contributed by atoms with van der Waals surface area (Å²) < 4.78 is 0. The van der Waals surface area contributed by atoms with Crippen molar-refractivity contribution in [1.82, 2.24) is 0 Å². The molecule has 0 fully saturated rings. The van der Waals surface area contributed by atoms with Gasteiger partial charge in [0.25, 0.3) is 0 Å². The van der Waals surface area contributed by atoms with E-state index in [1.807, 2.05) is 0 Å². The Hall–Kier alpha value is -1.36. The molecule has 5 heteroatoms. The molecule has 1 rings (SSSR count). The minimum atomic E-state index is -0.969. The van der Waals surface area contributed by atoms with Crippen molar-refractivity contribution in [2.24, 2.45) is 5.16 Å². The molecule has 0 aromatic carbocycles. The minimum Gasteiger partial charge on any atom is -0.478 e. The predicted octanol–water partition coefficient (Wildman–Crippen LogP) is 1.64. The SMILES string of the molecule is C/C(=N\O)c1cc(C(=O)O)cs1. The molecule has 0 saturated carbocycles. The number of rotatable bonds is 2. The summed E-state index contributed by atoms with van der Waals surface area (Å²) >= 11 is 1.24. The van der Waals surface area contributed by atoms with Crippen LogP contribution in [0.2, 0.25) is 0 Å². The molecule has 0 spiro atoms. The first-order chi connectivity index (χ1) is 5.65. The van der Waals surface area contributed by atoms with Crippen molar-refractivity contribution in [1.29, 1.82) is 0 Å². The van der Waals surface area contributed by atoms with Gasteiger partial charge in [0, 0.05) is 5.38 Å². The fourth-order valence-corrected chi connectivity index (χ4v) is 1.52. The molecule has 2 N–H and O–H groups in total. The summed E-state index contributed by atoms with van der Waals surface area (Å²) in [5.74, 6) is -0.969. The molecule has 0 aliphatic heterocycles. The van der Waals surface area contributed by atoms with Gasteiger partial charge in [-0.15, -0.1) is 11.3 Å². The zero-order chi connectivity index (χ0) is 9.14. The van der Waals surface area contributed by atoms with Crippen LogP contribution in [0.4, 0.5) is 0 Å². The molecule has 0 amide bonds. The highest BCUT2D eigenvalue weighted by Crippen LogP contribution is 2.15. The number of hydrogen-bond donors (Lipinski definition) is 2. The Bertz CT molecular complexity index is 329. The Morgan fingerprint density at radius 3 is 2.75 bits per heavy atom. The van der Waals surface area contributed by atoms with Crippen LogP contribution in [0.15, 0.2) is 16.6 Å². The first-order valence-electron chi connectivity index (χ1n) is 3.16. The van der Waals surface area contributed by atoms with E-state index in [0.717, 1.165) is 0 Å². The molecule has 1 aromatic heterocycles. The van der Waals surface area contributed by atoms with E-state index in [4.69, 9.17) is 10.3 Å². The second-order valence-electron chi connectivity index (χ2n) is 2.19. The Morgan fingerprint density at radius 1 is 1.67 bits per heavy atom. The van der Waals surface area contributed by atoms with Gasteiger partial charge in [0.2, 0.25) is 0 Å². The zero-order valence-corrected chi connectivity index (χ0v) is 7.13. The maximum absolute atomic E-state index is 10.4. The quantitative estimate of drug-likeness (QED) is 0.418. The largest absolute Gasteiger partial charge is 0.478 e. The monoisotopic (exact) mass is 185 g/mol. The summed E-state index contributed by atoms with van der Waals surface area (Å²) in [5.41, 5.74) is 0.644. The highest BCUT2D eigenvalue weighted by Gasteiger charge is 2.07. The summed E-state index contributed by atoms with van der Waals surface area (Å²) in [7, 11) is 0. The Kier molecular flexibility index (Phi) is 2.44. The lowest BCUT2D eigenvalue weighted by molar-refractivity contribution is 0.0697. The van der Waals surface area contributed by atoms with Crippen LogP contribution in [-0.2, 0) is 0 Å². The molecule has 0 saturated heterocycles. The normalized spacial score (nSPS) is 11.6. The summed E-state index contributed by atoms with van der Waals surface area (Å²) in [6.45, 7) is 1.61. The topological polar surface area (TPSA) is 69.9 Å². The summed E-state index contributed by atoms with van der Waals surface area (Å²) in [5, 5.41) is 21.4. The van der Waals surface area contributed by atoms with Gasteiger partial charge in [-0.05, 0) is 13.0 Å². The standard InChI is InChI=1S/C7H7NO3S/c1-4(8-11)6-2-5(3-12-6)7(9)10/h2-3,11H,1H3,(H,9,10)/b8-4+. The van der Waals surface area contributed by atoms with E-state index >= 15 is 0 Å². The van der Waals surface area contributed by atoms with Gasteiger partial charge < -0.3 is 10.3 Å². The van der Waals surface area contributed by atoms with E-state index in [0.29, 0.717) is 10.6 Å². The fraction of sp³-hybridized carbons (Fsp3) is 0.143.